The van der Waals surface area contributed by atoms with E-state index < -0.39 is 0 Å². The first kappa shape index (κ1) is 9.14. The normalized spacial score (nSPS) is 17.5. The minimum atomic E-state index is -0.208. The average Bonchev–Trinajstić information content (AvgIpc) is 2.59. The molecule has 68 valence electrons. The molecule has 0 aliphatic carbocycles. The maximum atomic E-state index is 5.77. The monoisotopic (exact) mass is 209 g/mol. The molecule has 1 aliphatic heterocycles. The van der Waals surface area contributed by atoms with Gasteiger partial charge in [0.1, 0.15) is 6.04 Å². The molecule has 1 aromatic rings. The number of fused-ring (bicyclic) bond motifs is 1. The molecule has 1 aliphatic rings. The van der Waals surface area contributed by atoms with Crippen LogP contribution < -0.4 is 5.73 Å². The van der Waals surface area contributed by atoms with E-state index in [4.69, 9.17) is 12.2 Å². The van der Waals surface area contributed by atoms with Crippen molar-refractivity contribution >= 4 is 23.1 Å². The maximum Gasteiger partial charge on any atom is 0.101 e. The van der Waals surface area contributed by atoms with Crippen molar-refractivity contribution in [2.45, 2.75) is 18.2 Å². The number of hydrogen-bond donors (Lipinski definition) is 1. The van der Waals surface area contributed by atoms with Gasteiger partial charge in [0.05, 0.1) is 0 Å². The molecule has 1 atom stereocenters. The van der Waals surface area contributed by atoms with Gasteiger partial charge < -0.3 is 5.73 Å². The molecule has 1 aromatic heterocycles. The third kappa shape index (κ3) is 1.76. The Hall–Kier alpha value is -0.430. The fourth-order valence-electron chi connectivity index (χ4n) is 1.41. The molecule has 0 saturated carbocycles. The second-order valence-corrected chi connectivity index (χ2v) is 5.32. The van der Waals surface area contributed by atoms with E-state index in [2.05, 4.69) is 12.0 Å². The summed E-state index contributed by atoms with van der Waals surface area (Å²) in [5.41, 5.74) is 7.22. The summed E-state index contributed by atoms with van der Waals surface area (Å²) in [7, 11) is 0. The van der Waals surface area contributed by atoms with Crippen molar-refractivity contribution in [2.75, 3.05) is 5.75 Å². The third-order valence-electron chi connectivity index (χ3n) is 2.13. The Bertz CT molecular complexity index is 325. The van der Waals surface area contributed by atoms with Crippen LogP contribution in [0.15, 0.2) is 6.07 Å². The van der Waals surface area contributed by atoms with Gasteiger partial charge >= 0.3 is 0 Å². The lowest BCUT2D eigenvalue weighted by molar-refractivity contribution is 0.972. The maximum absolute atomic E-state index is 5.77. The van der Waals surface area contributed by atoms with E-state index in [1.54, 1.807) is 11.3 Å². The number of hydrogen-bond acceptors (Lipinski definition) is 3. The second kappa shape index (κ2) is 3.75. The van der Waals surface area contributed by atoms with Gasteiger partial charge in [-0.25, -0.2) is 0 Å². The van der Waals surface area contributed by atoms with Crippen LogP contribution in [0.2, 0.25) is 0 Å². The molecule has 2 heterocycles. The van der Waals surface area contributed by atoms with Crippen molar-refractivity contribution in [3.05, 3.63) is 21.4 Å². The van der Waals surface area contributed by atoms with Crippen molar-refractivity contribution in [1.82, 2.24) is 0 Å². The summed E-state index contributed by atoms with van der Waals surface area (Å²) >= 11 is 3.77. The minimum absolute atomic E-state index is 0.208. The van der Waals surface area contributed by atoms with Gasteiger partial charge in [-0.15, -0.1) is 17.8 Å². The lowest BCUT2D eigenvalue weighted by atomic mass is 10.2. The number of thiophene rings is 1. The lowest BCUT2D eigenvalue weighted by Crippen LogP contribution is -2.04. The Morgan fingerprint density at radius 1 is 1.62 bits per heavy atom. The molecular weight excluding hydrogens is 198 g/mol. The van der Waals surface area contributed by atoms with Crippen LogP contribution in [0, 0.1) is 12.3 Å². The van der Waals surface area contributed by atoms with Crippen LogP contribution in [0.25, 0.3) is 0 Å². The summed E-state index contributed by atoms with van der Waals surface area (Å²) in [6.07, 6.45) is 6.47. The van der Waals surface area contributed by atoms with E-state index in [1.165, 1.54) is 22.6 Å². The number of aryl methyl sites for hydroxylation is 1. The summed E-state index contributed by atoms with van der Waals surface area (Å²) in [5.74, 6) is 4.93. The van der Waals surface area contributed by atoms with Gasteiger partial charge in [-0.05, 0) is 23.8 Å². The van der Waals surface area contributed by atoms with Crippen LogP contribution in [0.3, 0.4) is 0 Å². The van der Waals surface area contributed by atoms with Crippen molar-refractivity contribution in [1.29, 1.82) is 0 Å². The van der Waals surface area contributed by atoms with Crippen LogP contribution in [0.4, 0.5) is 0 Å². The molecule has 13 heavy (non-hydrogen) atoms. The van der Waals surface area contributed by atoms with Crippen molar-refractivity contribution in [3.63, 3.8) is 0 Å². The number of rotatable bonds is 1. The van der Waals surface area contributed by atoms with Crippen molar-refractivity contribution < 1.29 is 0 Å². The van der Waals surface area contributed by atoms with Crippen molar-refractivity contribution in [3.8, 4) is 12.3 Å². The summed E-state index contributed by atoms with van der Waals surface area (Å²) in [6.45, 7) is 0. The summed E-state index contributed by atoms with van der Waals surface area (Å²) < 4.78 is 0. The second-order valence-electron chi connectivity index (χ2n) is 3.04. The van der Waals surface area contributed by atoms with Crippen LogP contribution in [-0.2, 0) is 12.2 Å². The highest BCUT2D eigenvalue weighted by Crippen LogP contribution is 2.33. The van der Waals surface area contributed by atoms with E-state index in [-0.39, 0.29) is 6.04 Å². The molecular formula is C10H11NS2. The largest absolute Gasteiger partial charge is 0.313 e. The molecule has 3 heteroatoms. The highest BCUT2D eigenvalue weighted by molar-refractivity contribution is 7.98. The van der Waals surface area contributed by atoms with Gasteiger partial charge in [0.15, 0.2) is 0 Å². The quantitative estimate of drug-likeness (QED) is 0.717. The molecule has 0 spiro atoms. The van der Waals surface area contributed by atoms with E-state index in [0.29, 0.717) is 0 Å². The molecule has 1 unspecified atom stereocenters. The zero-order valence-electron chi connectivity index (χ0n) is 7.25. The van der Waals surface area contributed by atoms with Crippen LogP contribution in [-0.4, -0.2) is 5.75 Å². The highest BCUT2D eigenvalue weighted by Gasteiger charge is 2.15. The van der Waals surface area contributed by atoms with Gasteiger partial charge in [-0.2, -0.15) is 11.8 Å². The van der Waals surface area contributed by atoms with E-state index in [1.807, 2.05) is 11.8 Å². The Morgan fingerprint density at radius 2 is 2.46 bits per heavy atom. The summed E-state index contributed by atoms with van der Waals surface area (Å²) in [5, 5.41) is 0. The number of nitrogens with two attached hydrogens (primary N) is 1. The average molecular weight is 209 g/mol. The topological polar surface area (TPSA) is 26.0 Å². The third-order valence-corrected chi connectivity index (χ3v) is 4.46. The minimum Gasteiger partial charge on any atom is -0.313 e. The zero-order chi connectivity index (χ0) is 9.26. The number of terminal acetylenes is 1. The van der Waals surface area contributed by atoms with Crippen LogP contribution in [0.1, 0.15) is 21.4 Å². The Morgan fingerprint density at radius 3 is 3.15 bits per heavy atom. The molecule has 0 radical (unpaired) electrons. The predicted molar refractivity (Wildman–Crippen MR) is 59.9 cm³/mol. The molecule has 2 rings (SSSR count). The van der Waals surface area contributed by atoms with E-state index in [0.717, 1.165) is 10.6 Å². The lowest BCUT2D eigenvalue weighted by Gasteiger charge is -2.08. The van der Waals surface area contributed by atoms with Gasteiger partial charge in [-0.1, -0.05) is 5.92 Å². The Balaban J connectivity index is 2.31. The van der Waals surface area contributed by atoms with Gasteiger partial charge in [0, 0.05) is 15.5 Å². The van der Waals surface area contributed by atoms with E-state index in [9.17, 15) is 0 Å². The first-order chi connectivity index (χ1) is 6.31. The predicted octanol–water partition coefficient (Wildman–Crippen LogP) is 2.17. The molecule has 0 bridgehead atoms. The van der Waals surface area contributed by atoms with Gasteiger partial charge in [0.2, 0.25) is 0 Å². The first-order valence-corrected chi connectivity index (χ1v) is 6.19. The smallest absolute Gasteiger partial charge is 0.101 e. The Labute approximate surface area is 86.7 Å². The summed E-state index contributed by atoms with van der Waals surface area (Å²) in [4.78, 5) is 2.63. The van der Waals surface area contributed by atoms with Crippen LogP contribution >= 0.6 is 23.1 Å². The standard InChI is InChI=1S/C10H11NS2/c1-2-8(11)10-5-7-6-12-4-3-9(7)13-10/h1,5,8H,3-4,6,11H2. The fourth-order valence-corrected chi connectivity index (χ4v) is 3.74. The number of thioether (sulfide) groups is 1. The van der Waals surface area contributed by atoms with Crippen molar-refractivity contribution in [2.24, 2.45) is 5.73 Å². The molecule has 2 N–H and O–H groups in total. The highest BCUT2D eigenvalue weighted by atomic mass is 32.2. The summed E-state index contributed by atoms with van der Waals surface area (Å²) in [6, 6.07) is 1.97. The molecule has 0 amide bonds. The molecule has 0 saturated heterocycles. The zero-order valence-corrected chi connectivity index (χ0v) is 8.88. The van der Waals surface area contributed by atoms with E-state index >= 15 is 0 Å². The SMILES string of the molecule is C#CC(N)c1cc2c(s1)CCSC2. The molecule has 0 aromatic carbocycles. The van der Waals surface area contributed by atoms with Crippen LogP contribution in [0.5, 0.6) is 0 Å². The molecule has 1 nitrogen and oxygen atoms in total. The van der Waals surface area contributed by atoms with Gasteiger partial charge in [0.25, 0.3) is 0 Å². The van der Waals surface area contributed by atoms with Gasteiger partial charge in [-0.3, -0.25) is 0 Å². The first-order valence-electron chi connectivity index (χ1n) is 4.22. The fraction of sp³-hybridized carbons (Fsp3) is 0.400. The Kier molecular flexibility index (Phi) is 2.63. The molecule has 0 fully saturated rings.